The second-order valence-corrected chi connectivity index (χ2v) is 6.14. The fourth-order valence-electron chi connectivity index (χ4n) is 6.01. The third-order valence-corrected chi connectivity index (χ3v) is 6.20. The molecule has 92 valence electrons. The summed E-state index contributed by atoms with van der Waals surface area (Å²) in [6, 6.07) is 10.5. The number of benzene rings is 1. The molecule has 0 heterocycles. The maximum atomic E-state index is 12.3. The van der Waals surface area contributed by atoms with Crippen LogP contribution in [0.5, 0.6) is 0 Å². The summed E-state index contributed by atoms with van der Waals surface area (Å²) in [7, 11) is 1.41. The molecule has 1 aromatic rings. The van der Waals surface area contributed by atoms with E-state index >= 15 is 0 Å². The fraction of sp³-hybridized carbons (Fsp3) is 0.533. The van der Waals surface area contributed by atoms with E-state index in [1.165, 1.54) is 19.1 Å². The molecule has 0 amide bonds. The SMILES string of the molecule is COOC(=O)C12C3CC4C(C31)C42c1ccccc1. The Morgan fingerprint density at radius 1 is 1.22 bits per heavy atom. The highest BCUT2D eigenvalue weighted by Gasteiger charge is 3.07. The Bertz CT molecular complexity index is 556. The molecule has 0 radical (unpaired) electrons. The molecular formula is C15H14O3. The average molecular weight is 242 g/mol. The molecule has 0 aromatic heterocycles. The number of hydrogen-bond acceptors (Lipinski definition) is 3. The van der Waals surface area contributed by atoms with Crippen molar-refractivity contribution >= 4 is 5.97 Å². The van der Waals surface area contributed by atoms with Crippen molar-refractivity contribution in [2.24, 2.45) is 29.1 Å². The van der Waals surface area contributed by atoms with Crippen molar-refractivity contribution in [3.63, 3.8) is 0 Å². The van der Waals surface area contributed by atoms with Gasteiger partial charge in [0.2, 0.25) is 0 Å². The van der Waals surface area contributed by atoms with Crippen LogP contribution < -0.4 is 0 Å². The van der Waals surface area contributed by atoms with Crippen molar-refractivity contribution in [1.82, 2.24) is 0 Å². The molecule has 0 saturated heterocycles. The molecule has 0 spiro atoms. The van der Waals surface area contributed by atoms with E-state index in [1.54, 1.807) is 0 Å². The second-order valence-electron chi connectivity index (χ2n) is 6.14. The van der Waals surface area contributed by atoms with E-state index in [0.717, 1.165) is 11.8 Å². The molecular weight excluding hydrogens is 228 g/mol. The molecule has 0 N–H and O–H groups in total. The smallest absolute Gasteiger partial charge is 0.298 e. The summed E-state index contributed by atoms with van der Waals surface area (Å²) in [6.45, 7) is 0. The molecule has 5 aliphatic carbocycles. The van der Waals surface area contributed by atoms with Gasteiger partial charge in [0.15, 0.2) is 0 Å². The molecule has 3 heteroatoms. The molecule has 3 nitrogen and oxygen atoms in total. The Labute approximate surface area is 105 Å². The van der Waals surface area contributed by atoms with Gasteiger partial charge in [0.25, 0.3) is 0 Å². The minimum atomic E-state index is -0.223. The summed E-state index contributed by atoms with van der Waals surface area (Å²) < 4.78 is 0. The van der Waals surface area contributed by atoms with Crippen LogP contribution in [0.1, 0.15) is 12.0 Å². The lowest BCUT2D eigenvalue weighted by Gasteiger charge is -2.34. The highest BCUT2D eigenvalue weighted by Crippen LogP contribution is 3.04. The van der Waals surface area contributed by atoms with Crippen molar-refractivity contribution in [2.45, 2.75) is 11.8 Å². The first kappa shape index (κ1) is 9.56. The maximum absolute atomic E-state index is 12.3. The molecule has 6 rings (SSSR count). The van der Waals surface area contributed by atoms with Gasteiger partial charge in [0, 0.05) is 5.41 Å². The van der Waals surface area contributed by atoms with Gasteiger partial charge in [-0.05, 0) is 35.7 Å². The van der Waals surface area contributed by atoms with E-state index in [1.807, 2.05) is 6.07 Å². The summed E-state index contributed by atoms with van der Waals surface area (Å²) in [4.78, 5) is 21.8. The number of hydrogen-bond donors (Lipinski definition) is 0. The zero-order chi connectivity index (χ0) is 12.1. The van der Waals surface area contributed by atoms with Crippen LogP contribution in [0.4, 0.5) is 0 Å². The summed E-state index contributed by atoms with van der Waals surface area (Å²) in [5, 5.41) is 0. The first-order valence-electron chi connectivity index (χ1n) is 6.62. The van der Waals surface area contributed by atoms with E-state index in [0.29, 0.717) is 11.8 Å². The minimum absolute atomic E-state index is 0.110. The molecule has 6 atom stereocenters. The van der Waals surface area contributed by atoms with E-state index < -0.39 is 0 Å². The number of rotatable bonds is 3. The Morgan fingerprint density at radius 2 is 2.00 bits per heavy atom. The van der Waals surface area contributed by atoms with Gasteiger partial charge in [0.1, 0.15) is 0 Å². The molecule has 2 bridgehead atoms. The summed E-state index contributed by atoms with van der Waals surface area (Å²) in [5.41, 5.74) is 1.23. The molecule has 5 fully saturated rings. The molecule has 0 aliphatic heterocycles. The zero-order valence-corrected chi connectivity index (χ0v) is 10.1. The first-order chi connectivity index (χ1) is 8.81. The predicted octanol–water partition coefficient (Wildman–Crippen LogP) is 1.92. The van der Waals surface area contributed by atoms with E-state index in [2.05, 4.69) is 29.2 Å². The Balaban J connectivity index is 1.63. The largest absolute Gasteiger partial charge is 0.349 e. The van der Waals surface area contributed by atoms with Crippen LogP contribution in [0.2, 0.25) is 0 Å². The Kier molecular flexibility index (Phi) is 1.33. The van der Waals surface area contributed by atoms with Crippen molar-refractivity contribution in [3.8, 4) is 0 Å². The van der Waals surface area contributed by atoms with Crippen LogP contribution in [-0.2, 0) is 20.0 Å². The predicted molar refractivity (Wildman–Crippen MR) is 62.2 cm³/mol. The van der Waals surface area contributed by atoms with Gasteiger partial charge >= 0.3 is 5.97 Å². The van der Waals surface area contributed by atoms with Crippen LogP contribution >= 0.6 is 0 Å². The standard InChI is InChI=1S/C15H14O3/c1-17-18-13(16)15-10-7-9-11(12(10)15)14(9,15)8-5-3-2-4-6-8/h2-6,9-12H,7H2,1H3. The quantitative estimate of drug-likeness (QED) is 0.600. The van der Waals surface area contributed by atoms with Crippen LogP contribution in [0.15, 0.2) is 30.3 Å². The van der Waals surface area contributed by atoms with Crippen LogP contribution in [0.3, 0.4) is 0 Å². The van der Waals surface area contributed by atoms with E-state index in [-0.39, 0.29) is 16.8 Å². The second kappa shape index (κ2) is 2.50. The number of carbonyl (C=O) groups excluding carboxylic acids is 1. The third kappa shape index (κ3) is 0.614. The van der Waals surface area contributed by atoms with Crippen LogP contribution in [0.25, 0.3) is 0 Å². The normalized spacial score (nSPS) is 52.3. The van der Waals surface area contributed by atoms with Crippen LogP contribution in [0, 0.1) is 29.1 Å². The van der Waals surface area contributed by atoms with Gasteiger partial charge in [-0.15, -0.1) is 0 Å². The van der Waals surface area contributed by atoms with Crippen molar-refractivity contribution in [1.29, 1.82) is 0 Å². The molecule has 1 aromatic carbocycles. The average Bonchev–Trinajstić information content (AvgIpc) is 3.02. The third-order valence-electron chi connectivity index (χ3n) is 6.20. The van der Waals surface area contributed by atoms with Crippen molar-refractivity contribution < 1.29 is 14.6 Å². The molecule has 5 saturated carbocycles. The summed E-state index contributed by atoms with van der Waals surface area (Å²) >= 11 is 0. The lowest BCUT2D eigenvalue weighted by molar-refractivity contribution is -0.264. The maximum Gasteiger partial charge on any atom is 0.349 e. The number of carbonyl (C=O) groups is 1. The highest BCUT2D eigenvalue weighted by atomic mass is 17.2. The van der Waals surface area contributed by atoms with Crippen molar-refractivity contribution in [2.75, 3.05) is 7.11 Å². The highest BCUT2D eigenvalue weighted by molar-refractivity contribution is 5.91. The lowest BCUT2D eigenvalue weighted by atomic mass is 9.68. The van der Waals surface area contributed by atoms with Crippen LogP contribution in [-0.4, -0.2) is 13.1 Å². The Morgan fingerprint density at radius 3 is 2.61 bits per heavy atom. The lowest BCUT2D eigenvalue weighted by Crippen LogP contribution is -2.42. The first-order valence-corrected chi connectivity index (χ1v) is 6.62. The Hall–Kier alpha value is -1.35. The van der Waals surface area contributed by atoms with Gasteiger partial charge in [-0.3, -0.25) is 4.89 Å². The minimum Gasteiger partial charge on any atom is -0.298 e. The van der Waals surface area contributed by atoms with Gasteiger partial charge < -0.3 is 0 Å². The van der Waals surface area contributed by atoms with Gasteiger partial charge in [-0.2, -0.15) is 4.89 Å². The van der Waals surface area contributed by atoms with Gasteiger partial charge in [-0.25, -0.2) is 4.79 Å². The van der Waals surface area contributed by atoms with E-state index in [4.69, 9.17) is 4.89 Å². The monoisotopic (exact) mass is 242 g/mol. The topological polar surface area (TPSA) is 35.5 Å². The van der Waals surface area contributed by atoms with E-state index in [9.17, 15) is 4.79 Å². The summed E-state index contributed by atoms with van der Waals surface area (Å²) in [5.74, 6) is 2.49. The van der Waals surface area contributed by atoms with Gasteiger partial charge in [0.05, 0.1) is 12.5 Å². The molecule has 6 unspecified atom stereocenters. The molecule has 5 aliphatic rings. The van der Waals surface area contributed by atoms with Gasteiger partial charge in [-0.1, -0.05) is 30.3 Å². The summed E-state index contributed by atoms with van der Waals surface area (Å²) in [6.07, 6.45) is 1.21. The van der Waals surface area contributed by atoms with Crippen molar-refractivity contribution in [3.05, 3.63) is 35.9 Å². The molecule has 18 heavy (non-hydrogen) atoms. The fourth-order valence-corrected chi connectivity index (χ4v) is 6.01. The zero-order valence-electron chi connectivity index (χ0n) is 10.1.